The van der Waals surface area contributed by atoms with Gasteiger partial charge in [-0.3, -0.25) is 0 Å². The fraction of sp³-hybridized carbons (Fsp3) is 0.579. The van der Waals surface area contributed by atoms with Crippen molar-refractivity contribution in [1.82, 2.24) is 0 Å². The van der Waals surface area contributed by atoms with Crippen molar-refractivity contribution in [3.8, 4) is 5.75 Å². The minimum atomic E-state index is -0.646. The number of hydrogen-bond donors (Lipinski definition) is 0. The Labute approximate surface area is 130 Å². The van der Waals surface area contributed by atoms with E-state index in [1.165, 1.54) is 0 Å². The van der Waals surface area contributed by atoms with Crippen LogP contribution in [-0.4, -0.2) is 12.4 Å². The Hall–Kier alpha value is -1.28. The van der Waals surface area contributed by atoms with Crippen LogP contribution in [0.4, 0.5) is 0 Å². The molecule has 1 rings (SSSR count). The van der Waals surface area contributed by atoms with Crippen molar-refractivity contribution in [1.29, 1.82) is 0 Å². The fourth-order valence-electron chi connectivity index (χ4n) is 1.84. The van der Waals surface area contributed by atoms with Crippen LogP contribution in [-0.2, 0) is 4.74 Å². The molecule has 0 spiro atoms. The molecule has 0 bridgehead atoms. The predicted octanol–water partition coefficient (Wildman–Crippen LogP) is 5.68. The maximum absolute atomic E-state index is 6.20. The Balaban J connectivity index is 2.88. The smallest absolute Gasteiger partial charge is 0.212 e. The monoisotopic (exact) mass is 290 g/mol. The second kappa shape index (κ2) is 7.13. The lowest BCUT2D eigenvalue weighted by Crippen LogP contribution is -2.48. The van der Waals surface area contributed by atoms with Crippen LogP contribution in [0, 0.1) is 5.41 Å². The van der Waals surface area contributed by atoms with E-state index in [0.717, 1.165) is 29.7 Å². The highest BCUT2D eigenvalue weighted by Gasteiger charge is 2.41. The van der Waals surface area contributed by atoms with Crippen LogP contribution in [0.25, 0.3) is 5.57 Å². The summed E-state index contributed by atoms with van der Waals surface area (Å²) in [5, 5.41) is 0. The highest BCUT2D eigenvalue weighted by molar-refractivity contribution is 5.61. The van der Waals surface area contributed by atoms with Crippen LogP contribution in [0.1, 0.15) is 59.9 Å². The van der Waals surface area contributed by atoms with E-state index in [1.54, 1.807) is 0 Å². The van der Waals surface area contributed by atoms with Crippen LogP contribution >= 0.6 is 0 Å². The number of benzene rings is 1. The molecule has 0 saturated carbocycles. The molecule has 0 aliphatic carbocycles. The maximum atomic E-state index is 6.20. The largest absolute Gasteiger partial charge is 0.462 e. The molecule has 0 radical (unpaired) electrons. The van der Waals surface area contributed by atoms with Crippen molar-refractivity contribution < 1.29 is 9.47 Å². The van der Waals surface area contributed by atoms with Gasteiger partial charge in [-0.1, -0.05) is 58.4 Å². The van der Waals surface area contributed by atoms with Gasteiger partial charge in [-0.2, -0.15) is 0 Å². The van der Waals surface area contributed by atoms with Gasteiger partial charge in [0, 0.05) is 12.3 Å². The molecule has 1 aromatic carbocycles. The van der Waals surface area contributed by atoms with E-state index < -0.39 is 5.79 Å². The average Bonchev–Trinajstić information content (AvgIpc) is 2.38. The standard InChI is InChI=1S/C19H30O2/c1-8-9-14-20-19(7,18(4,5)6)21-17-12-10-16(11-13-17)15(2)3/h10-13H,2,8-9,14H2,1,3-7H3. The Morgan fingerprint density at radius 1 is 1.10 bits per heavy atom. The first-order valence-corrected chi connectivity index (χ1v) is 7.78. The second-order valence-corrected chi connectivity index (χ2v) is 6.80. The Morgan fingerprint density at radius 2 is 1.67 bits per heavy atom. The van der Waals surface area contributed by atoms with Crippen LogP contribution in [0.15, 0.2) is 30.8 Å². The summed E-state index contributed by atoms with van der Waals surface area (Å²) in [6, 6.07) is 8.04. The molecule has 0 aliphatic heterocycles. The van der Waals surface area contributed by atoms with E-state index in [1.807, 2.05) is 38.1 Å². The zero-order valence-electron chi connectivity index (χ0n) is 14.5. The average molecular weight is 290 g/mol. The first kappa shape index (κ1) is 17.8. The van der Waals surface area contributed by atoms with Gasteiger partial charge in [0.25, 0.3) is 0 Å². The molecule has 1 atom stereocenters. The summed E-state index contributed by atoms with van der Waals surface area (Å²) in [6.07, 6.45) is 2.16. The summed E-state index contributed by atoms with van der Waals surface area (Å²) in [6.45, 7) is 17.3. The summed E-state index contributed by atoms with van der Waals surface area (Å²) in [5.74, 6) is 0.182. The van der Waals surface area contributed by atoms with Gasteiger partial charge in [-0.25, -0.2) is 0 Å². The molecule has 0 saturated heterocycles. The van der Waals surface area contributed by atoms with Gasteiger partial charge in [-0.15, -0.1) is 0 Å². The fourth-order valence-corrected chi connectivity index (χ4v) is 1.84. The van der Waals surface area contributed by atoms with E-state index in [-0.39, 0.29) is 5.41 Å². The van der Waals surface area contributed by atoms with Gasteiger partial charge in [0.2, 0.25) is 5.79 Å². The molecule has 0 fully saturated rings. The van der Waals surface area contributed by atoms with Gasteiger partial charge in [0.15, 0.2) is 0 Å². The number of allylic oxidation sites excluding steroid dienone is 1. The second-order valence-electron chi connectivity index (χ2n) is 6.80. The zero-order chi connectivity index (χ0) is 16.1. The number of hydrogen-bond acceptors (Lipinski definition) is 2. The summed E-state index contributed by atoms with van der Waals surface area (Å²) in [7, 11) is 0. The van der Waals surface area contributed by atoms with Gasteiger partial charge < -0.3 is 9.47 Å². The zero-order valence-corrected chi connectivity index (χ0v) is 14.5. The van der Waals surface area contributed by atoms with E-state index >= 15 is 0 Å². The Bertz CT molecular complexity index is 453. The first-order chi connectivity index (χ1) is 9.69. The number of unbranched alkanes of at least 4 members (excludes halogenated alkanes) is 1. The lowest BCUT2D eigenvalue weighted by atomic mass is 9.86. The van der Waals surface area contributed by atoms with E-state index in [0.29, 0.717) is 6.61 Å². The van der Waals surface area contributed by atoms with E-state index in [9.17, 15) is 0 Å². The molecule has 1 unspecified atom stereocenters. The van der Waals surface area contributed by atoms with Crippen molar-refractivity contribution in [3.05, 3.63) is 36.4 Å². The van der Waals surface area contributed by atoms with Gasteiger partial charge in [0.1, 0.15) is 5.75 Å². The highest BCUT2D eigenvalue weighted by atomic mass is 16.7. The molecule has 2 heteroatoms. The minimum Gasteiger partial charge on any atom is -0.462 e. The molecular weight excluding hydrogens is 260 g/mol. The molecule has 0 aliphatic rings. The molecule has 0 heterocycles. The number of ether oxygens (including phenoxy) is 2. The van der Waals surface area contributed by atoms with Crippen molar-refractivity contribution in [2.75, 3.05) is 6.61 Å². The van der Waals surface area contributed by atoms with Crippen LogP contribution in [0.3, 0.4) is 0 Å². The minimum absolute atomic E-state index is 0.117. The normalized spacial score (nSPS) is 14.6. The summed E-state index contributed by atoms with van der Waals surface area (Å²) in [4.78, 5) is 0. The van der Waals surface area contributed by atoms with Gasteiger partial charge in [-0.05, 0) is 31.0 Å². The quantitative estimate of drug-likeness (QED) is 0.475. The van der Waals surface area contributed by atoms with Crippen molar-refractivity contribution >= 4 is 5.57 Å². The summed E-state index contributed by atoms with van der Waals surface area (Å²) < 4.78 is 12.3. The molecule has 21 heavy (non-hydrogen) atoms. The molecule has 118 valence electrons. The van der Waals surface area contributed by atoms with Crippen molar-refractivity contribution in [3.63, 3.8) is 0 Å². The van der Waals surface area contributed by atoms with E-state index in [4.69, 9.17) is 9.47 Å². The van der Waals surface area contributed by atoms with Crippen LogP contribution in [0.5, 0.6) is 5.75 Å². The highest BCUT2D eigenvalue weighted by Crippen LogP contribution is 2.36. The molecule has 0 aromatic heterocycles. The first-order valence-electron chi connectivity index (χ1n) is 7.78. The van der Waals surface area contributed by atoms with Crippen LogP contribution in [0.2, 0.25) is 0 Å². The summed E-state index contributed by atoms with van der Waals surface area (Å²) in [5.41, 5.74) is 2.07. The van der Waals surface area contributed by atoms with Crippen LogP contribution < -0.4 is 4.74 Å². The number of rotatable bonds is 7. The molecule has 2 nitrogen and oxygen atoms in total. The van der Waals surface area contributed by atoms with Gasteiger partial charge in [0.05, 0.1) is 6.61 Å². The lowest BCUT2D eigenvalue weighted by molar-refractivity contribution is -0.230. The molecule has 1 aromatic rings. The van der Waals surface area contributed by atoms with Crippen molar-refractivity contribution in [2.24, 2.45) is 5.41 Å². The summed E-state index contributed by atoms with van der Waals surface area (Å²) >= 11 is 0. The predicted molar refractivity (Wildman–Crippen MR) is 90.5 cm³/mol. The molecule has 0 N–H and O–H groups in total. The lowest BCUT2D eigenvalue weighted by Gasteiger charge is -2.41. The van der Waals surface area contributed by atoms with Gasteiger partial charge >= 0.3 is 0 Å². The topological polar surface area (TPSA) is 18.5 Å². The maximum Gasteiger partial charge on any atom is 0.212 e. The third-order valence-electron chi connectivity index (χ3n) is 3.90. The van der Waals surface area contributed by atoms with E-state index in [2.05, 4.69) is 34.3 Å². The third-order valence-corrected chi connectivity index (χ3v) is 3.90. The Morgan fingerprint density at radius 3 is 2.10 bits per heavy atom. The molecular formula is C19H30O2. The molecule has 0 amide bonds. The van der Waals surface area contributed by atoms with Crippen molar-refractivity contribution in [2.45, 2.75) is 60.2 Å². The SMILES string of the molecule is C=C(C)c1ccc(OC(C)(OCCCC)C(C)(C)C)cc1. The third kappa shape index (κ3) is 4.89. The Kier molecular flexibility index (Phi) is 6.03.